The minimum absolute atomic E-state index is 0.141. The molecule has 2 N–H and O–H groups in total. The Bertz CT molecular complexity index is 141. The minimum atomic E-state index is -0.141. The standard InChI is InChI=1S/C10H22N2O/c1-3-10(13)8-12-6-4-5-9(12)7-11-2/h9-11,13H,3-8H2,1-2H3. The maximum absolute atomic E-state index is 9.54. The van der Waals surface area contributed by atoms with Crippen LogP contribution < -0.4 is 5.32 Å². The average molecular weight is 186 g/mol. The Morgan fingerprint density at radius 2 is 2.38 bits per heavy atom. The topological polar surface area (TPSA) is 35.5 Å². The van der Waals surface area contributed by atoms with Crippen LogP contribution in [0.25, 0.3) is 0 Å². The quantitative estimate of drug-likeness (QED) is 0.654. The van der Waals surface area contributed by atoms with Gasteiger partial charge in [0.2, 0.25) is 0 Å². The van der Waals surface area contributed by atoms with Crippen LogP contribution >= 0.6 is 0 Å². The summed E-state index contributed by atoms with van der Waals surface area (Å²) in [4.78, 5) is 2.41. The highest BCUT2D eigenvalue weighted by atomic mass is 16.3. The predicted octanol–water partition coefficient (Wildman–Crippen LogP) is 0.441. The van der Waals surface area contributed by atoms with Gasteiger partial charge in [-0.1, -0.05) is 6.92 Å². The molecule has 0 aromatic heterocycles. The van der Waals surface area contributed by atoms with Gasteiger partial charge in [-0.2, -0.15) is 0 Å². The Hall–Kier alpha value is -0.120. The number of hydrogen-bond donors (Lipinski definition) is 2. The number of β-amino-alcohol motifs (C(OH)–C–C–N with tert-alkyl or cyclic N) is 1. The van der Waals surface area contributed by atoms with E-state index in [9.17, 15) is 5.11 Å². The predicted molar refractivity (Wildman–Crippen MR) is 54.8 cm³/mol. The monoisotopic (exact) mass is 186 g/mol. The van der Waals surface area contributed by atoms with Crippen molar-refractivity contribution in [3.63, 3.8) is 0 Å². The summed E-state index contributed by atoms with van der Waals surface area (Å²) < 4.78 is 0. The fourth-order valence-corrected chi connectivity index (χ4v) is 2.00. The lowest BCUT2D eigenvalue weighted by Crippen LogP contribution is -2.40. The molecule has 1 heterocycles. The van der Waals surface area contributed by atoms with Crippen molar-refractivity contribution in [3.05, 3.63) is 0 Å². The van der Waals surface area contributed by atoms with Crippen molar-refractivity contribution >= 4 is 0 Å². The maximum Gasteiger partial charge on any atom is 0.0664 e. The highest BCUT2D eigenvalue weighted by molar-refractivity contribution is 4.81. The molecular weight excluding hydrogens is 164 g/mol. The SMILES string of the molecule is CCC(O)CN1CCCC1CNC. The number of aliphatic hydroxyl groups is 1. The smallest absolute Gasteiger partial charge is 0.0664 e. The molecule has 0 radical (unpaired) electrons. The summed E-state index contributed by atoms with van der Waals surface area (Å²) in [5.41, 5.74) is 0. The summed E-state index contributed by atoms with van der Waals surface area (Å²) in [6.45, 7) is 5.09. The third-order valence-corrected chi connectivity index (χ3v) is 2.86. The molecule has 1 aliphatic rings. The Morgan fingerprint density at radius 3 is 3.00 bits per heavy atom. The van der Waals surface area contributed by atoms with Crippen molar-refractivity contribution in [1.29, 1.82) is 0 Å². The zero-order valence-corrected chi connectivity index (χ0v) is 8.79. The van der Waals surface area contributed by atoms with E-state index in [1.807, 2.05) is 14.0 Å². The molecule has 2 unspecified atom stereocenters. The summed E-state index contributed by atoms with van der Waals surface area (Å²) in [7, 11) is 1.99. The van der Waals surface area contributed by atoms with E-state index in [2.05, 4.69) is 10.2 Å². The van der Waals surface area contributed by atoms with Gasteiger partial charge in [-0.05, 0) is 32.9 Å². The number of rotatable bonds is 5. The molecule has 0 bridgehead atoms. The fourth-order valence-electron chi connectivity index (χ4n) is 2.00. The van der Waals surface area contributed by atoms with Crippen molar-refractivity contribution in [3.8, 4) is 0 Å². The first kappa shape index (κ1) is 11.0. The second-order valence-electron chi connectivity index (χ2n) is 3.91. The van der Waals surface area contributed by atoms with Gasteiger partial charge in [0.05, 0.1) is 6.10 Å². The summed E-state index contributed by atoms with van der Waals surface area (Å²) in [5, 5.41) is 12.7. The van der Waals surface area contributed by atoms with Crippen LogP contribution in [-0.4, -0.2) is 48.8 Å². The van der Waals surface area contributed by atoms with Crippen LogP contribution in [0.5, 0.6) is 0 Å². The first-order valence-corrected chi connectivity index (χ1v) is 5.34. The molecule has 0 aliphatic carbocycles. The summed E-state index contributed by atoms with van der Waals surface area (Å²) in [5.74, 6) is 0. The minimum Gasteiger partial charge on any atom is -0.392 e. The fraction of sp³-hybridized carbons (Fsp3) is 1.00. The molecule has 78 valence electrons. The lowest BCUT2D eigenvalue weighted by atomic mass is 10.2. The molecule has 1 rings (SSSR count). The molecule has 0 amide bonds. The molecular formula is C10H22N2O. The van der Waals surface area contributed by atoms with Crippen LogP contribution in [0.3, 0.4) is 0 Å². The van der Waals surface area contributed by atoms with Crippen molar-refractivity contribution in [2.75, 3.05) is 26.7 Å². The van der Waals surface area contributed by atoms with Crippen molar-refractivity contribution in [1.82, 2.24) is 10.2 Å². The summed E-state index contributed by atoms with van der Waals surface area (Å²) in [6, 6.07) is 0.645. The van der Waals surface area contributed by atoms with E-state index in [1.54, 1.807) is 0 Å². The van der Waals surface area contributed by atoms with Gasteiger partial charge in [-0.25, -0.2) is 0 Å². The molecule has 0 aromatic carbocycles. The van der Waals surface area contributed by atoms with E-state index in [-0.39, 0.29) is 6.10 Å². The number of nitrogens with one attached hydrogen (secondary N) is 1. The summed E-state index contributed by atoms with van der Waals surface area (Å²) >= 11 is 0. The Labute approximate surface area is 81.1 Å². The highest BCUT2D eigenvalue weighted by Crippen LogP contribution is 2.16. The van der Waals surface area contributed by atoms with E-state index in [0.717, 1.165) is 26.1 Å². The van der Waals surface area contributed by atoms with Crippen LogP contribution in [0.2, 0.25) is 0 Å². The largest absolute Gasteiger partial charge is 0.392 e. The van der Waals surface area contributed by atoms with Gasteiger partial charge in [0.1, 0.15) is 0 Å². The van der Waals surface area contributed by atoms with Crippen LogP contribution in [0.4, 0.5) is 0 Å². The molecule has 3 heteroatoms. The zero-order valence-electron chi connectivity index (χ0n) is 8.79. The van der Waals surface area contributed by atoms with E-state index >= 15 is 0 Å². The van der Waals surface area contributed by atoms with Crippen molar-refractivity contribution < 1.29 is 5.11 Å². The van der Waals surface area contributed by atoms with E-state index < -0.39 is 0 Å². The van der Waals surface area contributed by atoms with E-state index in [4.69, 9.17) is 0 Å². The number of likely N-dealkylation sites (tertiary alicyclic amines) is 1. The molecule has 3 nitrogen and oxygen atoms in total. The van der Waals surface area contributed by atoms with Gasteiger partial charge in [0.25, 0.3) is 0 Å². The second-order valence-corrected chi connectivity index (χ2v) is 3.91. The Kier molecular flexibility index (Phi) is 4.70. The molecule has 0 saturated carbocycles. The Balaban J connectivity index is 2.30. The number of likely N-dealkylation sites (N-methyl/N-ethyl adjacent to an activating group) is 1. The number of nitrogens with zero attached hydrogens (tertiary/aromatic N) is 1. The molecule has 2 atom stereocenters. The van der Waals surface area contributed by atoms with Crippen LogP contribution in [0, 0.1) is 0 Å². The van der Waals surface area contributed by atoms with Crippen LogP contribution in [0.15, 0.2) is 0 Å². The van der Waals surface area contributed by atoms with E-state index in [1.165, 1.54) is 12.8 Å². The normalized spacial score (nSPS) is 26.5. The molecule has 0 spiro atoms. The van der Waals surface area contributed by atoms with Gasteiger partial charge < -0.3 is 10.4 Å². The lowest BCUT2D eigenvalue weighted by molar-refractivity contribution is 0.103. The van der Waals surface area contributed by atoms with Gasteiger partial charge in [0.15, 0.2) is 0 Å². The van der Waals surface area contributed by atoms with E-state index in [0.29, 0.717) is 6.04 Å². The second kappa shape index (κ2) is 5.58. The summed E-state index contributed by atoms with van der Waals surface area (Å²) in [6.07, 6.45) is 3.28. The third-order valence-electron chi connectivity index (χ3n) is 2.86. The molecule has 0 aromatic rings. The highest BCUT2D eigenvalue weighted by Gasteiger charge is 2.24. The molecule has 13 heavy (non-hydrogen) atoms. The van der Waals surface area contributed by atoms with Gasteiger partial charge in [-0.15, -0.1) is 0 Å². The van der Waals surface area contributed by atoms with Gasteiger partial charge in [-0.3, -0.25) is 4.90 Å². The van der Waals surface area contributed by atoms with Crippen LogP contribution in [-0.2, 0) is 0 Å². The first-order chi connectivity index (χ1) is 6.27. The zero-order chi connectivity index (χ0) is 9.68. The van der Waals surface area contributed by atoms with Crippen molar-refractivity contribution in [2.45, 2.75) is 38.3 Å². The molecule has 1 aliphatic heterocycles. The number of aliphatic hydroxyl groups excluding tert-OH is 1. The Morgan fingerprint density at radius 1 is 1.62 bits per heavy atom. The maximum atomic E-state index is 9.54. The first-order valence-electron chi connectivity index (χ1n) is 5.34. The molecule has 1 fully saturated rings. The average Bonchev–Trinajstić information content (AvgIpc) is 2.54. The third kappa shape index (κ3) is 3.25. The lowest BCUT2D eigenvalue weighted by Gasteiger charge is -2.26. The van der Waals surface area contributed by atoms with Crippen LogP contribution in [0.1, 0.15) is 26.2 Å². The molecule has 1 saturated heterocycles. The van der Waals surface area contributed by atoms with Gasteiger partial charge >= 0.3 is 0 Å². The number of hydrogen-bond acceptors (Lipinski definition) is 3. The van der Waals surface area contributed by atoms with Gasteiger partial charge in [0, 0.05) is 19.1 Å². The van der Waals surface area contributed by atoms with Crippen molar-refractivity contribution in [2.24, 2.45) is 0 Å².